The minimum atomic E-state index is -0.826. The van der Waals surface area contributed by atoms with E-state index in [0.717, 1.165) is 0 Å². The summed E-state index contributed by atoms with van der Waals surface area (Å²) in [7, 11) is 0. The average molecular weight is 320 g/mol. The highest BCUT2D eigenvalue weighted by Crippen LogP contribution is 2.25. The zero-order valence-corrected chi connectivity index (χ0v) is 12.7. The zero-order valence-electron chi connectivity index (χ0n) is 12.7. The molecule has 7 nitrogen and oxygen atoms in total. The number of hydrogen-bond acceptors (Lipinski definition) is 4. The molecule has 0 bridgehead atoms. The van der Waals surface area contributed by atoms with E-state index < -0.39 is 11.9 Å². The maximum absolute atomic E-state index is 11.7. The van der Waals surface area contributed by atoms with Crippen molar-refractivity contribution >= 4 is 17.8 Å². The number of amides is 2. The molecule has 0 heterocycles. The van der Waals surface area contributed by atoms with Crippen molar-refractivity contribution in [3.8, 4) is 5.75 Å². The Balaban J connectivity index is 1.62. The fourth-order valence-electron chi connectivity index (χ4n) is 2.51. The first-order valence-electron chi connectivity index (χ1n) is 7.51. The average Bonchev–Trinajstić information content (AvgIpc) is 3.00. The van der Waals surface area contributed by atoms with Gasteiger partial charge in [0.15, 0.2) is 6.61 Å². The first kappa shape index (κ1) is 16.8. The molecule has 1 aliphatic rings. The fourth-order valence-corrected chi connectivity index (χ4v) is 2.51. The van der Waals surface area contributed by atoms with E-state index in [1.807, 2.05) is 6.07 Å². The minimum absolute atomic E-state index is 0.138. The van der Waals surface area contributed by atoms with Crippen molar-refractivity contribution in [2.75, 3.05) is 13.2 Å². The lowest BCUT2D eigenvalue weighted by Crippen LogP contribution is -2.42. The van der Waals surface area contributed by atoms with Crippen LogP contribution in [0.1, 0.15) is 19.3 Å². The van der Waals surface area contributed by atoms with E-state index >= 15 is 0 Å². The van der Waals surface area contributed by atoms with Gasteiger partial charge < -0.3 is 20.5 Å². The van der Waals surface area contributed by atoms with Gasteiger partial charge in [-0.15, -0.1) is 0 Å². The van der Waals surface area contributed by atoms with Gasteiger partial charge in [0, 0.05) is 6.04 Å². The van der Waals surface area contributed by atoms with Crippen LogP contribution in [0.3, 0.4) is 0 Å². The lowest BCUT2D eigenvalue weighted by atomic mass is 10.1. The van der Waals surface area contributed by atoms with E-state index in [1.165, 1.54) is 0 Å². The Kier molecular flexibility index (Phi) is 5.96. The number of ether oxygens (including phenoxy) is 1. The van der Waals surface area contributed by atoms with Crippen LogP contribution in [0.4, 0.5) is 0 Å². The lowest BCUT2D eigenvalue weighted by Gasteiger charge is -2.13. The van der Waals surface area contributed by atoms with E-state index in [2.05, 4.69) is 10.6 Å². The Morgan fingerprint density at radius 2 is 1.87 bits per heavy atom. The first-order valence-corrected chi connectivity index (χ1v) is 7.51. The number of rotatable bonds is 7. The van der Waals surface area contributed by atoms with Crippen molar-refractivity contribution in [1.82, 2.24) is 10.6 Å². The molecule has 0 spiro atoms. The zero-order chi connectivity index (χ0) is 16.7. The third-order valence-corrected chi connectivity index (χ3v) is 3.71. The molecular weight excluding hydrogens is 300 g/mol. The summed E-state index contributed by atoms with van der Waals surface area (Å²) in [4.78, 5) is 34.2. The van der Waals surface area contributed by atoms with Crippen molar-refractivity contribution < 1.29 is 24.2 Å². The van der Waals surface area contributed by atoms with E-state index in [0.29, 0.717) is 25.0 Å². The molecule has 1 fully saturated rings. The molecule has 0 aliphatic heterocycles. The molecule has 1 aromatic carbocycles. The molecule has 2 atom stereocenters. The molecule has 0 unspecified atom stereocenters. The summed E-state index contributed by atoms with van der Waals surface area (Å²) in [5.41, 5.74) is 0. The van der Waals surface area contributed by atoms with Crippen molar-refractivity contribution in [1.29, 1.82) is 0 Å². The summed E-state index contributed by atoms with van der Waals surface area (Å²) in [5, 5.41) is 14.1. The van der Waals surface area contributed by atoms with Crippen LogP contribution in [0.5, 0.6) is 5.75 Å². The quantitative estimate of drug-likeness (QED) is 0.680. The topological polar surface area (TPSA) is 105 Å². The predicted octanol–water partition coefficient (Wildman–Crippen LogP) is 0.551. The highest BCUT2D eigenvalue weighted by molar-refractivity contribution is 5.85. The third-order valence-electron chi connectivity index (χ3n) is 3.71. The highest BCUT2D eigenvalue weighted by atomic mass is 16.5. The standard InChI is InChI=1S/C16H20N2O5/c19-14(18-12-7-6-11(8-12)16(21)22)9-17-15(20)10-23-13-4-2-1-3-5-13/h1-5,11-12H,6-10H2,(H,17,20)(H,18,19)(H,21,22)/t11-,12+/m1/s1. The monoisotopic (exact) mass is 320 g/mol. The highest BCUT2D eigenvalue weighted by Gasteiger charge is 2.30. The van der Waals surface area contributed by atoms with E-state index in [9.17, 15) is 14.4 Å². The normalized spacial score (nSPS) is 19.8. The molecule has 1 aromatic rings. The van der Waals surface area contributed by atoms with Crippen molar-refractivity contribution in [3.05, 3.63) is 30.3 Å². The van der Waals surface area contributed by atoms with Crippen LogP contribution in [-0.2, 0) is 14.4 Å². The molecule has 0 aromatic heterocycles. The molecule has 124 valence electrons. The van der Waals surface area contributed by atoms with Gasteiger partial charge in [0.25, 0.3) is 5.91 Å². The van der Waals surface area contributed by atoms with E-state index in [4.69, 9.17) is 9.84 Å². The summed E-state index contributed by atoms with van der Waals surface area (Å²) in [6.07, 6.45) is 1.65. The molecule has 1 aliphatic carbocycles. The van der Waals surface area contributed by atoms with Gasteiger partial charge in [0.05, 0.1) is 12.5 Å². The number of nitrogens with one attached hydrogen (secondary N) is 2. The fraction of sp³-hybridized carbons (Fsp3) is 0.438. The smallest absolute Gasteiger partial charge is 0.306 e. The van der Waals surface area contributed by atoms with Crippen molar-refractivity contribution in [2.24, 2.45) is 5.92 Å². The maximum Gasteiger partial charge on any atom is 0.306 e. The van der Waals surface area contributed by atoms with Crippen LogP contribution in [-0.4, -0.2) is 42.1 Å². The van der Waals surface area contributed by atoms with Crippen LogP contribution >= 0.6 is 0 Å². The molecule has 1 saturated carbocycles. The van der Waals surface area contributed by atoms with Gasteiger partial charge in [-0.1, -0.05) is 18.2 Å². The van der Waals surface area contributed by atoms with Crippen LogP contribution in [0.2, 0.25) is 0 Å². The summed E-state index contributed by atoms with van der Waals surface area (Å²) >= 11 is 0. The SMILES string of the molecule is O=C(COc1ccccc1)NCC(=O)N[C@H]1CC[C@@H](C(=O)O)C1. The van der Waals surface area contributed by atoms with Crippen LogP contribution in [0, 0.1) is 5.92 Å². The van der Waals surface area contributed by atoms with Gasteiger partial charge in [-0.3, -0.25) is 14.4 Å². The molecule has 3 N–H and O–H groups in total. The molecular formula is C16H20N2O5. The van der Waals surface area contributed by atoms with Crippen LogP contribution in [0.15, 0.2) is 30.3 Å². The second-order valence-electron chi connectivity index (χ2n) is 5.49. The molecule has 0 saturated heterocycles. The van der Waals surface area contributed by atoms with E-state index in [1.54, 1.807) is 24.3 Å². The van der Waals surface area contributed by atoms with Gasteiger partial charge in [-0.05, 0) is 31.4 Å². The summed E-state index contributed by atoms with van der Waals surface area (Å²) < 4.78 is 5.26. The van der Waals surface area contributed by atoms with Crippen molar-refractivity contribution in [3.63, 3.8) is 0 Å². The molecule has 2 rings (SSSR count). The van der Waals surface area contributed by atoms with E-state index in [-0.39, 0.29) is 31.0 Å². The van der Waals surface area contributed by atoms with Gasteiger partial charge in [0.1, 0.15) is 5.75 Å². The second kappa shape index (κ2) is 8.17. The number of carboxylic acids is 1. The molecule has 7 heteroatoms. The maximum atomic E-state index is 11.7. The Morgan fingerprint density at radius 3 is 2.52 bits per heavy atom. The van der Waals surface area contributed by atoms with Gasteiger partial charge in [-0.25, -0.2) is 0 Å². The number of aliphatic carboxylic acids is 1. The Labute approximate surface area is 134 Å². The molecule has 23 heavy (non-hydrogen) atoms. The summed E-state index contributed by atoms with van der Waals surface area (Å²) in [5.74, 6) is -1.35. The number of para-hydroxylation sites is 1. The van der Waals surface area contributed by atoms with Gasteiger partial charge in [0.2, 0.25) is 5.91 Å². The van der Waals surface area contributed by atoms with Crippen LogP contribution in [0.25, 0.3) is 0 Å². The number of benzene rings is 1. The minimum Gasteiger partial charge on any atom is -0.484 e. The third kappa shape index (κ3) is 5.61. The predicted molar refractivity (Wildman–Crippen MR) is 81.9 cm³/mol. The summed E-state index contributed by atoms with van der Waals surface area (Å²) in [6.45, 7) is -0.312. The number of hydrogen-bond donors (Lipinski definition) is 3. The molecule has 2 amide bonds. The van der Waals surface area contributed by atoms with Gasteiger partial charge in [-0.2, -0.15) is 0 Å². The Bertz CT molecular complexity index is 561. The number of carbonyl (C=O) groups is 3. The first-order chi connectivity index (χ1) is 11.0. The summed E-state index contributed by atoms with van der Waals surface area (Å²) in [6, 6.07) is 8.77. The second-order valence-corrected chi connectivity index (χ2v) is 5.49. The number of carboxylic acid groups (broad SMARTS) is 1. The Hall–Kier alpha value is -2.57. The van der Waals surface area contributed by atoms with Gasteiger partial charge >= 0.3 is 5.97 Å². The van der Waals surface area contributed by atoms with Crippen molar-refractivity contribution in [2.45, 2.75) is 25.3 Å². The lowest BCUT2D eigenvalue weighted by molar-refractivity contribution is -0.141. The molecule has 0 radical (unpaired) electrons. The van der Waals surface area contributed by atoms with Crippen LogP contribution < -0.4 is 15.4 Å². The Morgan fingerprint density at radius 1 is 1.13 bits per heavy atom. The number of carbonyl (C=O) groups excluding carboxylic acids is 2. The largest absolute Gasteiger partial charge is 0.484 e.